The van der Waals surface area contributed by atoms with E-state index in [-0.39, 0.29) is 18.9 Å². The van der Waals surface area contributed by atoms with E-state index in [9.17, 15) is 35.4 Å². The maximum atomic E-state index is 12.7. The van der Waals surface area contributed by atoms with Gasteiger partial charge in [0.05, 0.1) is 25.4 Å². The Morgan fingerprint density at radius 3 is 1.41 bits per heavy atom. The van der Waals surface area contributed by atoms with Gasteiger partial charge in [-0.15, -0.1) is 0 Å². The van der Waals surface area contributed by atoms with Gasteiger partial charge in [0.15, 0.2) is 6.29 Å². The first-order chi connectivity index (χ1) is 24.8. The molecule has 1 fully saturated rings. The monoisotopic (exact) mass is 732 g/mol. The molecule has 1 rings (SSSR count). The highest BCUT2D eigenvalue weighted by atomic mass is 16.7. The standard InChI is InChI=1S/C41H81NO9/c1-3-5-6-7-8-9-10-11-12-13-14-15-16-17-18-19-20-21-22-23-24-25-26-27-28-30-36(45)42-33(37(46)34(44)29-4-2)32-50-41-40(49)39(48)38(47)35(31-43)51-41/h33-35,37-41,43-44,46-49H,3-32H2,1-2H3,(H,42,45)/t33-,34+,35+,37-,38-,39-,40+,41-/m0/s1. The molecule has 0 aromatic carbocycles. The number of amides is 1. The Morgan fingerprint density at radius 2 is 1.02 bits per heavy atom. The molecule has 1 aliphatic heterocycles. The molecule has 10 nitrogen and oxygen atoms in total. The van der Waals surface area contributed by atoms with Crippen LogP contribution in [0.25, 0.3) is 0 Å². The van der Waals surface area contributed by atoms with Crippen LogP contribution in [-0.2, 0) is 14.3 Å². The second kappa shape index (κ2) is 32.6. The zero-order valence-corrected chi connectivity index (χ0v) is 32.7. The van der Waals surface area contributed by atoms with Crippen molar-refractivity contribution < 1.29 is 44.9 Å². The lowest BCUT2D eigenvalue weighted by Crippen LogP contribution is -2.60. The summed E-state index contributed by atoms with van der Waals surface area (Å²) in [6.45, 7) is 3.25. The summed E-state index contributed by atoms with van der Waals surface area (Å²) < 4.78 is 10.9. The third kappa shape index (κ3) is 23.5. The molecule has 8 atom stereocenters. The quantitative estimate of drug-likeness (QED) is 0.0341. The summed E-state index contributed by atoms with van der Waals surface area (Å²) in [7, 11) is 0. The minimum atomic E-state index is -1.60. The van der Waals surface area contributed by atoms with Gasteiger partial charge in [-0.1, -0.05) is 174 Å². The Morgan fingerprint density at radius 1 is 0.608 bits per heavy atom. The minimum absolute atomic E-state index is 0.269. The van der Waals surface area contributed by atoms with E-state index in [1.54, 1.807) is 0 Å². The zero-order chi connectivity index (χ0) is 37.5. The third-order valence-corrected chi connectivity index (χ3v) is 10.5. The predicted octanol–water partition coefficient (Wildman–Crippen LogP) is 6.97. The first-order valence-electron chi connectivity index (χ1n) is 21.3. The molecule has 1 heterocycles. The molecule has 1 aliphatic rings. The van der Waals surface area contributed by atoms with Crippen molar-refractivity contribution in [2.24, 2.45) is 0 Å². The van der Waals surface area contributed by atoms with Crippen LogP contribution in [0, 0.1) is 0 Å². The van der Waals surface area contributed by atoms with Crippen molar-refractivity contribution >= 4 is 5.91 Å². The van der Waals surface area contributed by atoms with Gasteiger partial charge in [-0.05, 0) is 12.8 Å². The van der Waals surface area contributed by atoms with Crippen molar-refractivity contribution in [1.82, 2.24) is 5.32 Å². The van der Waals surface area contributed by atoms with E-state index in [0.717, 1.165) is 25.7 Å². The van der Waals surface area contributed by atoms with E-state index in [4.69, 9.17) is 9.47 Å². The number of unbranched alkanes of at least 4 members (excludes halogenated alkanes) is 24. The lowest BCUT2D eigenvalue weighted by atomic mass is 9.99. The van der Waals surface area contributed by atoms with E-state index in [2.05, 4.69) is 12.2 Å². The Bertz CT molecular complexity index is 788. The molecule has 0 bridgehead atoms. The molecule has 51 heavy (non-hydrogen) atoms. The fraction of sp³-hybridized carbons (Fsp3) is 0.976. The van der Waals surface area contributed by atoms with E-state index >= 15 is 0 Å². The molecule has 0 aromatic heterocycles. The molecule has 0 saturated carbocycles. The van der Waals surface area contributed by atoms with Crippen LogP contribution < -0.4 is 5.32 Å². The predicted molar refractivity (Wildman–Crippen MR) is 204 cm³/mol. The second-order valence-electron chi connectivity index (χ2n) is 15.3. The molecule has 0 spiro atoms. The van der Waals surface area contributed by atoms with Gasteiger partial charge in [-0.25, -0.2) is 0 Å². The molecular weight excluding hydrogens is 650 g/mol. The highest BCUT2D eigenvalue weighted by molar-refractivity contribution is 5.76. The third-order valence-electron chi connectivity index (χ3n) is 10.5. The van der Waals surface area contributed by atoms with Crippen LogP contribution in [0.3, 0.4) is 0 Å². The summed E-state index contributed by atoms with van der Waals surface area (Å²) in [5.74, 6) is -0.269. The molecule has 10 heteroatoms. The lowest BCUT2D eigenvalue weighted by Gasteiger charge is -2.40. The fourth-order valence-corrected chi connectivity index (χ4v) is 7.07. The van der Waals surface area contributed by atoms with Crippen molar-refractivity contribution in [3.8, 4) is 0 Å². The van der Waals surface area contributed by atoms with Crippen molar-refractivity contribution in [2.75, 3.05) is 13.2 Å². The van der Waals surface area contributed by atoms with Gasteiger partial charge >= 0.3 is 0 Å². The Hall–Kier alpha value is -0.850. The van der Waals surface area contributed by atoms with Crippen LogP contribution in [0.15, 0.2) is 0 Å². The van der Waals surface area contributed by atoms with Crippen molar-refractivity contribution in [3.05, 3.63) is 0 Å². The van der Waals surface area contributed by atoms with Crippen LogP contribution in [0.4, 0.5) is 0 Å². The fourth-order valence-electron chi connectivity index (χ4n) is 7.07. The first-order valence-corrected chi connectivity index (χ1v) is 21.3. The molecule has 7 N–H and O–H groups in total. The second-order valence-corrected chi connectivity index (χ2v) is 15.3. The number of nitrogens with one attached hydrogen (secondary N) is 1. The molecule has 0 aromatic rings. The molecule has 0 unspecified atom stereocenters. The van der Waals surface area contributed by atoms with Crippen LogP contribution >= 0.6 is 0 Å². The summed E-state index contributed by atoms with van der Waals surface area (Å²) in [6, 6.07) is -0.981. The van der Waals surface area contributed by atoms with Crippen LogP contribution in [0.2, 0.25) is 0 Å². The summed E-state index contributed by atoms with van der Waals surface area (Å²) >= 11 is 0. The van der Waals surface area contributed by atoms with E-state index < -0.39 is 55.6 Å². The highest BCUT2D eigenvalue weighted by Gasteiger charge is 2.44. The maximum Gasteiger partial charge on any atom is 0.220 e. The average molecular weight is 732 g/mol. The van der Waals surface area contributed by atoms with Crippen LogP contribution in [0.1, 0.15) is 194 Å². The molecule has 0 aliphatic carbocycles. The summed E-state index contributed by atoms with van der Waals surface area (Å²) in [5.41, 5.74) is 0. The van der Waals surface area contributed by atoms with Gasteiger partial charge in [0.2, 0.25) is 5.91 Å². The van der Waals surface area contributed by atoms with Crippen LogP contribution in [0.5, 0.6) is 0 Å². The number of hydrogen-bond donors (Lipinski definition) is 7. The molecule has 1 saturated heterocycles. The number of carbonyl (C=O) groups excluding carboxylic acids is 1. The normalized spacial score (nSPS) is 22.5. The van der Waals surface area contributed by atoms with E-state index in [1.807, 2.05) is 6.92 Å². The molecule has 1 amide bonds. The minimum Gasteiger partial charge on any atom is -0.394 e. The number of carbonyl (C=O) groups is 1. The number of ether oxygens (including phenoxy) is 2. The van der Waals surface area contributed by atoms with Crippen molar-refractivity contribution in [2.45, 2.75) is 243 Å². The van der Waals surface area contributed by atoms with Gasteiger partial charge in [-0.2, -0.15) is 0 Å². The average Bonchev–Trinajstić information content (AvgIpc) is 3.12. The zero-order valence-electron chi connectivity index (χ0n) is 32.7. The summed E-state index contributed by atoms with van der Waals surface area (Å²) in [6.07, 6.45) is 24.6. The summed E-state index contributed by atoms with van der Waals surface area (Å²) in [4.78, 5) is 12.7. The maximum absolute atomic E-state index is 12.7. The number of aliphatic hydroxyl groups excluding tert-OH is 6. The Kier molecular flexibility index (Phi) is 30.8. The highest BCUT2D eigenvalue weighted by Crippen LogP contribution is 2.23. The lowest BCUT2D eigenvalue weighted by molar-refractivity contribution is -0.303. The van der Waals surface area contributed by atoms with Crippen LogP contribution in [-0.4, -0.2) is 98.7 Å². The molecular formula is C41H81NO9. The van der Waals surface area contributed by atoms with E-state index in [1.165, 1.54) is 135 Å². The molecule has 0 radical (unpaired) electrons. The SMILES string of the molecule is CCCCCCCCCCCCCCCCCCCCCCCCCCCC(=O)N[C@@H](CO[C@H]1O[C@H](CO)[C@H](O)[C@H](O)[C@H]1O)[C@H](O)[C@H](O)CCC. The number of rotatable bonds is 35. The number of aliphatic hydroxyl groups is 6. The summed E-state index contributed by atoms with van der Waals surface area (Å²) in [5, 5.41) is 63.5. The number of hydrogen-bond acceptors (Lipinski definition) is 9. The topological polar surface area (TPSA) is 169 Å². The van der Waals surface area contributed by atoms with Crippen molar-refractivity contribution in [3.63, 3.8) is 0 Å². The largest absolute Gasteiger partial charge is 0.394 e. The Labute approximate surface area is 311 Å². The Balaban J connectivity index is 2.06. The van der Waals surface area contributed by atoms with E-state index in [0.29, 0.717) is 12.8 Å². The molecule has 304 valence electrons. The van der Waals surface area contributed by atoms with Gasteiger partial charge in [0.25, 0.3) is 0 Å². The van der Waals surface area contributed by atoms with Gasteiger partial charge in [-0.3, -0.25) is 4.79 Å². The van der Waals surface area contributed by atoms with Gasteiger partial charge in [0, 0.05) is 6.42 Å². The van der Waals surface area contributed by atoms with Crippen molar-refractivity contribution in [1.29, 1.82) is 0 Å². The first kappa shape index (κ1) is 48.2. The smallest absolute Gasteiger partial charge is 0.220 e. The van der Waals surface area contributed by atoms with Gasteiger partial charge < -0.3 is 45.4 Å². The van der Waals surface area contributed by atoms with Gasteiger partial charge in [0.1, 0.15) is 30.5 Å².